The van der Waals surface area contributed by atoms with Crippen molar-refractivity contribution >= 4 is 24.2 Å². The van der Waals surface area contributed by atoms with Crippen LogP contribution in [-0.2, 0) is 16.0 Å². The van der Waals surface area contributed by atoms with Crippen LogP contribution in [0.5, 0.6) is 5.75 Å². The number of piperidine rings is 1. The third kappa shape index (κ3) is 6.18. The first-order valence-electron chi connectivity index (χ1n) is 9.00. The van der Waals surface area contributed by atoms with Crippen LogP contribution in [0.1, 0.15) is 38.2 Å². The van der Waals surface area contributed by atoms with Crippen LogP contribution in [0.2, 0.25) is 0 Å². The Morgan fingerprint density at radius 2 is 1.96 bits per heavy atom. The second kappa shape index (κ2) is 11.0. The number of ether oxygens (including phenoxy) is 1. The van der Waals surface area contributed by atoms with Gasteiger partial charge in [0, 0.05) is 24.7 Å². The number of hydrogen-bond donors (Lipinski definition) is 2. The van der Waals surface area contributed by atoms with Gasteiger partial charge in [0.05, 0.1) is 19.6 Å². The fourth-order valence-corrected chi connectivity index (χ4v) is 3.15. The average Bonchev–Trinajstić information content (AvgIpc) is 2.63. The molecular weight excluding hydrogens is 354 g/mol. The quantitative estimate of drug-likeness (QED) is 0.753. The van der Waals surface area contributed by atoms with Gasteiger partial charge >= 0.3 is 0 Å². The van der Waals surface area contributed by atoms with Crippen molar-refractivity contribution < 1.29 is 14.3 Å². The normalized spacial score (nSPS) is 15.7. The Morgan fingerprint density at radius 1 is 1.31 bits per heavy atom. The third-order valence-electron chi connectivity index (χ3n) is 4.66. The van der Waals surface area contributed by atoms with Gasteiger partial charge in [-0.05, 0) is 25.3 Å². The summed E-state index contributed by atoms with van der Waals surface area (Å²) in [5.74, 6) is 0.750. The van der Waals surface area contributed by atoms with Crippen molar-refractivity contribution in [2.75, 3.05) is 20.2 Å². The van der Waals surface area contributed by atoms with Crippen LogP contribution >= 0.6 is 12.4 Å². The van der Waals surface area contributed by atoms with Crippen LogP contribution < -0.4 is 15.8 Å². The number of halogens is 1. The predicted molar refractivity (Wildman–Crippen MR) is 105 cm³/mol. The van der Waals surface area contributed by atoms with Crippen LogP contribution in [-0.4, -0.2) is 49.0 Å². The van der Waals surface area contributed by atoms with Crippen LogP contribution in [0.4, 0.5) is 0 Å². The van der Waals surface area contributed by atoms with E-state index in [0.717, 1.165) is 30.6 Å². The first kappa shape index (κ1) is 22.3. The fraction of sp³-hybridized carbons (Fsp3) is 0.579. The maximum Gasteiger partial charge on any atom is 0.237 e. The molecule has 3 N–H and O–H groups in total. The molecule has 1 aromatic rings. The van der Waals surface area contributed by atoms with Crippen LogP contribution in [0, 0.1) is 0 Å². The van der Waals surface area contributed by atoms with E-state index >= 15 is 0 Å². The maximum absolute atomic E-state index is 12.5. The predicted octanol–water partition coefficient (Wildman–Crippen LogP) is 1.89. The lowest BCUT2D eigenvalue weighted by Gasteiger charge is -2.33. The smallest absolute Gasteiger partial charge is 0.237 e. The number of hydrogen-bond acceptors (Lipinski definition) is 4. The number of nitrogens with one attached hydrogen (secondary N) is 1. The van der Waals surface area contributed by atoms with Crippen molar-refractivity contribution in [2.24, 2.45) is 5.73 Å². The number of methoxy groups -OCH3 is 1. The van der Waals surface area contributed by atoms with Gasteiger partial charge in [-0.1, -0.05) is 31.5 Å². The molecule has 1 atom stereocenters. The lowest BCUT2D eigenvalue weighted by atomic mass is 10.0. The Balaban J connectivity index is 0.00000338. The molecule has 0 saturated carbocycles. The van der Waals surface area contributed by atoms with Crippen molar-refractivity contribution in [1.29, 1.82) is 0 Å². The standard InChI is InChI=1S/C19H29N3O3.ClH/c1-3-6-16(20)19(24)21-15-9-11-22(12-10-15)18(23)13-14-7-4-5-8-17(14)25-2;/h4-5,7-8,15-16H,3,6,9-13,20H2,1-2H3,(H,21,24);1H. The number of rotatable bonds is 7. The third-order valence-corrected chi connectivity index (χ3v) is 4.66. The van der Waals surface area contributed by atoms with E-state index in [-0.39, 0.29) is 30.3 Å². The number of para-hydroxylation sites is 1. The summed E-state index contributed by atoms with van der Waals surface area (Å²) >= 11 is 0. The number of likely N-dealkylation sites (tertiary alicyclic amines) is 1. The lowest BCUT2D eigenvalue weighted by molar-refractivity contribution is -0.131. The molecule has 1 unspecified atom stereocenters. The molecule has 0 aliphatic carbocycles. The topological polar surface area (TPSA) is 84.7 Å². The average molecular weight is 384 g/mol. The molecule has 1 heterocycles. The first-order valence-corrected chi connectivity index (χ1v) is 9.00. The maximum atomic E-state index is 12.5. The van der Waals surface area contributed by atoms with E-state index in [4.69, 9.17) is 10.5 Å². The molecule has 0 aromatic heterocycles. The van der Waals surface area contributed by atoms with E-state index in [2.05, 4.69) is 5.32 Å². The summed E-state index contributed by atoms with van der Waals surface area (Å²) < 4.78 is 5.31. The Hall–Kier alpha value is -1.79. The number of benzene rings is 1. The summed E-state index contributed by atoms with van der Waals surface area (Å²) in [5, 5.41) is 3.01. The van der Waals surface area contributed by atoms with E-state index in [1.165, 1.54) is 0 Å². The van der Waals surface area contributed by atoms with Crippen molar-refractivity contribution in [1.82, 2.24) is 10.2 Å². The minimum absolute atomic E-state index is 0. The van der Waals surface area contributed by atoms with Crippen LogP contribution in [0.25, 0.3) is 0 Å². The van der Waals surface area contributed by atoms with E-state index in [9.17, 15) is 9.59 Å². The molecule has 6 nitrogen and oxygen atoms in total. The summed E-state index contributed by atoms with van der Waals surface area (Å²) in [6, 6.07) is 7.25. The molecule has 0 spiro atoms. The molecule has 0 radical (unpaired) electrons. The summed E-state index contributed by atoms with van der Waals surface area (Å²) in [7, 11) is 1.61. The lowest BCUT2D eigenvalue weighted by Crippen LogP contribution is -2.50. The highest BCUT2D eigenvalue weighted by Crippen LogP contribution is 2.20. The molecule has 1 aromatic carbocycles. The fourth-order valence-electron chi connectivity index (χ4n) is 3.15. The minimum Gasteiger partial charge on any atom is -0.496 e. The monoisotopic (exact) mass is 383 g/mol. The molecule has 1 fully saturated rings. The van der Waals surface area contributed by atoms with E-state index in [0.29, 0.717) is 25.9 Å². The Morgan fingerprint density at radius 3 is 2.58 bits per heavy atom. The second-order valence-corrected chi connectivity index (χ2v) is 6.55. The molecule has 7 heteroatoms. The second-order valence-electron chi connectivity index (χ2n) is 6.55. The molecule has 1 aliphatic heterocycles. The van der Waals surface area contributed by atoms with E-state index in [1.807, 2.05) is 36.1 Å². The Kier molecular flexibility index (Phi) is 9.44. The van der Waals surface area contributed by atoms with E-state index in [1.54, 1.807) is 7.11 Å². The van der Waals surface area contributed by atoms with Gasteiger partial charge in [0.1, 0.15) is 5.75 Å². The number of carbonyl (C=O) groups excluding carboxylic acids is 2. The first-order chi connectivity index (χ1) is 12.0. The number of amides is 2. The zero-order valence-electron chi connectivity index (χ0n) is 15.6. The van der Waals surface area contributed by atoms with Gasteiger partial charge in [0.2, 0.25) is 11.8 Å². The van der Waals surface area contributed by atoms with Gasteiger partial charge in [-0.2, -0.15) is 0 Å². The van der Waals surface area contributed by atoms with Crippen molar-refractivity contribution in [3.63, 3.8) is 0 Å². The van der Waals surface area contributed by atoms with Gasteiger partial charge in [-0.15, -0.1) is 12.4 Å². The Bertz CT molecular complexity index is 589. The summed E-state index contributed by atoms with van der Waals surface area (Å²) in [5.41, 5.74) is 6.74. The molecule has 2 amide bonds. The van der Waals surface area contributed by atoms with Gasteiger partial charge in [-0.25, -0.2) is 0 Å². The molecular formula is C19H30ClN3O3. The van der Waals surface area contributed by atoms with Crippen molar-refractivity contribution in [3.8, 4) is 5.75 Å². The highest BCUT2D eigenvalue weighted by Gasteiger charge is 2.25. The van der Waals surface area contributed by atoms with Crippen molar-refractivity contribution in [2.45, 2.75) is 51.1 Å². The molecule has 2 rings (SSSR count). The minimum atomic E-state index is -0.435. The summed E-state index contributed by atoms with van der Waals surface area (Å²) in [6.07, 6.45) is 3.46. The molecule has 146 valence electrons. The summed E-state index contributed by atoms with van der Waals surface area (Å²) in [4.78, 5) is 26.4. The van der Waals surface area contributed by atoms with Gasteiger partial charge in [0.15, 0.2) is 0 Å². The molecule has 0 bridgehead atoms. The van der Waals surface area contributed by atoms with Crippen LogP contribution in [0.3, 0.4) is 0 Å². The zero-order chi connectivity index (χ0) is 18.2. The van der Waals surface area contributed by atoms with Gasteiger partial charge in [0.25, 0.3) is 0 Å². The Labute approximate surface area is 161 Å². The van der Waals surface area contributed by atoms with Gasteiger partial charge in [-0.3, -0.25) is 9.59 Å². The number of nitrogens with two attached hydrogens (primary N) is 1. The largest absolute Gasteiger partial charge is 0.496 e. The molecule has 26 heavy (non-hydrogen) atoms. The number of carbonyl (C=O) groups is 2. The SMILES string of the molecule is CCCC(N)C(=O)NC1CCN(C(=O)Cc2ccccc2OC)CC1.Cl. The molecule has 1 aliphatic rings. The highest BCUT2D eigenvalue weighted by atomic mass is 35.5. The molecule has 1 saturated heterocycles. The van der Waals surface area contributed by atoms with E-state index < -0.39 is 6.04 Å². The van der Waals surface area contributed by atoms with Crippen molar-refractivity contribution in [3.05, 3.63) is 29.8 Å². The van der Waals surface area contributed by atoms with Gasteiger partial charge < -0.3 is 20.7 Å². The van der Waals surface area contributed by atoms with Crippen LogP contribution in [0.15, 0.2) is 24.3 Å². The zero-order valence-corrected chi connectivity index (χ0v) is 16.4. The summed E-state index contributed by atoms with van der Waals surface area (Å²) in [6.45, 7) is 3.32. The number of nitrogens with zero attached hydrogens (tertiary/aromatic N) is 1. The highest BCUT2D eigenvalue weighted by molar-refractivity contribution is 5.85.